The average molecular weight is 361 g/mol. The van der Waals surface area contributed by atoms with Gasteiger partial charge in [0.25, 0.3) is 5.91 Å². The molecule has 0 saturated carbocycles. The highest BCUT2D eigenvalue weighted by Crippen LogP contribution is 2.24. The van der Waals surface area contributed by atoms with E-state index < -0.39 is 0 Å². The molecule has 0 heterocycles. The molecule has 0 atom stereocenters. The van der Waals surface area contributed by atoms with Gasteiger partial charge in [-0.2, -0.15) is 5.26 Å². The minimum atomic E-state index is -0.206. The Balaban J connectivity index is 2.00. The summed E-state index contributed by atoms with van der Waals surface area (Å²) in [6.07, 6.45) is 4.48. The summed E-state index contributed by atoms with van der Waals surface area (Å²) in [4.78, 5) is 12.3. The van der Waals surface area contributed by atoms with Gasteiger partial charge in [-0.05, 0) is 43.2 Å². The fraction of sp³-hybridized carbons (Fsp3) is 0.182. The number of hydrogen-bond donors (Lipinski definition) is 2. The summed E-state index contributed by atoms with van der Waals surface area (Å²) in [6.45, 7) is 4.08. The maximum atomic E-state index is 12.3. The number of allylic oxidation sites excluding steroid dienone is 2. The van der Waals surface area contributed by atoms with Gasteiger partial charge in [-0.25, -0.2) is 0 Å². The second-order valence-electron chi connectivity index (χ2n) is 5.94. The molecular formula is C22H23N3O2. The number of rotatable bonds is 7. The van der Waals surface area contributed by atoms with Crippen LogP contribution in [0.3, 0.4) is 0 Å². The molecule has 2 aromatic rings. The van der Waals surface area contributed by atoms with E-state index in [0.29, 0.717) is 34.9 Å². The number of carbonyl (C=O) groups is 1. The molecule has 5 nitrogen and oxygen atoms in total. The number of nitriles is 1. The van der Waals surface area contributed by atoms with Crippen molar-refractivity contribution in [2.45, 2.75) is 26.8 Å². The van der Waals surface area contributed by atoms with Crippen LogP contribution in [-0.4, -0.2) is 5.91 Å². The molecule has 2 aromatic carbocycles. The number of nitrogens with one attached hydrogen (secondary N) is 1. The summed E-state index contributed by atoms with van der Waals surface area (Å²) in [5.74, 6) is 0.928. The summed E-state index contributed by atoms with van der Waals surface area (Å²) < 4.78 is 5.75. The highest BCUT2D eigenvalue weighted by atomic mass is 16.5. The summed E-state index contributed by atoms with van der Waals surface area (Å²) >= 11 is 0. The number of ether oxygens (including phenoxy) is 1. The first-order valence-electron chi connectivity index (χ1n) is 8.72. The van der Waals surface area contributed by atoms with Gasteiger partial charge in [-0.1, -0.05) is 43.3 Å². The van der Waals surface area contributed by atoms with Crippen LogP contribution in [0.1, 0.15) is 31.4 Å². The van der Waals surface area contributed by atoms with Crippen molar-refractivity contribution < 1.29 is 9.53 Å². The third kappa shape index (κ3) is 5.75. The van der Waals surface area contributed by atoms with E-state index >= 15 is 0 Å². The number of benzene rings is 2. The number of hydrogen-bond acceptors (Lipinski definition) is 4. The molecule has 0 fully saturated rings. The summed E-state index contributed by atoms with van der Waals surface area (Å²) in [7, 11) is 0. The van der Waals surface area contributed by atoms with E-state index in [1.807, 2.05) is 31.2 Å². The summed E-state index contributed by atoms with van der Waals surface area (Å²) in [5, 5.41) is 12.0. The van der Waals surface area contributed by atoms with E-state index in [4.69, 9.17) is 15.7 Å². The van der Waals surface area contributed by atoms with Crippen LogP contribution < -0.4 is 15.8 Å². The quantitative estimate of drug-likeness (QED) is 0.572. The predicted molar refractivity (Wildman–Crippen MR) is 106 cm³/mol. The van der Waals surface area contributed by atoms with Gasteiger partial charge in [-0.15, -0.1) is 0 Å². The monoisotopic (exact) mass is 361 g/mol. The van der Waals surface area contributed by atoms with Crippen LogP contribution in [0.25, 0.3) is 0 Å². The SMILES string of the molecule is CC/C=C\C(C(=O)NCc1ccc(Oc2ccccc2C#N)cc1)=C(/C)N. The zero-order valence-electron chi connectivity index (χ0n) is 15.5. The third-order valence-corrected chi connectivity index (χ3v) is 3.80. The van der Waals surface area contributed by atoms with Crippen molar-refractivity contribution in [3.63, 3.8) is 0 Å². The van der Waals surface area contributed by atoms with E-state index in [1.54, 1.807) is 43.3 Å². The second-order valence-corrected chi connectivity index (χ2v) is 5.94. The van der Waals surface area contributed by atoms with Crippen LogP contribution in [0.4, 0.5) is 0 Å². The van der Waals surface area contributed by atoms with E-state index in [0.717, 1.165) is 12.0 Å². The van der Waals surface area contributed by atoms with Crippen molar-refractivity contribution in [2.75, 3.05) is 0 Å². The predicted octanol–water partition coefficient (Wildman–Crippen LogP) is 4.17. The van der Waals surface area contributed by atoms with Crippen molar-refractivity contribution in [1.29, 1.82) is 5.26 Å². The smallest absolute Gasteiger partial charge is 0.253 e. The number of amides is 1. The van der Waals surface area contributed by atoms with E-state index in [2.05, 4.69) is 11.4 Å². The topological polar surface area (TPSA) is 88.1 Å². The Morgan fingerprint density at radius 3 is 2.56 bits per heavy atom. The largest absolute Gasteiger partial charge is 0.456 e. The minimum absolute atomic E-state index is 0.206. The van der Waals surface area contributed by atoms with Crippen LogP contribution in [0, 0.1) is 11.3 Å². The first-order chi connectivity index (χ1) is 13.0. The lowest BCUT2D eigenvalue weighted by atomic mass is 10.1. The Hall–Kier alpha value is -3.52. The van der Waals surface area contributed by atoms with Gasteiger partial charge < -0.3 is 15.8 Å². The van der Waals surface area contributed by atoms with Crippen molar-refractivity contribution in [3.05, 3.63) is 83.1 Å². The van der Waals surface area contributed by atoms with Gasteiger partial charge in [-0.3, -0.25) is 4.79 Å². The molecule has 2 rings (SSSR count). The molecule has 3 N–H and O–H groups in total. The summed E-state index contributed by atoms with van der Waals surface area (Å²) in [6, 6.07) is 16.5. The standard InChI is InChI=1S/C22H23N3O2/c1-3-4-8-20(16(2)24)22(26)25-15-17-10-12-19(13-11-17)27-21-9-6-5-7-18(21)14-23/h4-13H,3,15,24H2,1-2H3,(H,25,26)/b8-4-,20-16-. The summed E-state index contributed by atoms with van der Waals surface area (Å²) in [5.41, 5.74) is 8.16. The van der Waals surface area contributed by atoms with Gasteiger partial charge in [0.2, 0.25) is 0 Å². The Bertz CT molecular complexity index is 887. The first kappa shape index (κ1) is 19.8. The van der Waals surface area contributed by atoms with E-state index in [1.165, 1.54) is 0 Å². The van der Waals surface area contributed by atoms with Crippen molar-refractivity contribution in [3.8, 4) is 17.6 Å². The fourth-order valence-corrected chi connectivity index (χ4v) is 2.35. The Morgan fingerprint density at radius 2 is 1.93 bits per heavy atom. The zero-order chi connectivity index (χ0) is 19.6. The molecule has 138 valence electrons. The lowest BCUT2D eigenvalue weighted by molar-refractivity contribution is -0.117. The molecule has 0 aliphatic rings. The van der Waals surface area contributed by atoms with Crippen LogP contribution in [-0.2, 0) is 11.3 Å². The van der Waals surface area contributed by atoms with Crippen molar-refractivity contribution >= 4 is 5.91 Å². The third-order valence-electron chi connectivity index (χ3n) is 3.80. The van der Waals surface area contributed by atoms with Crippen molar-refractivity contribution in [1.82, 2.24) is 5.32 Å². The lowest BCUT2D eigenvalue weighted by Crippen LogP contribution is -2.25. The molecular weight excluding hydrogens is 338 g/mol. The minimum Gasteiger partial charge on any atom is -0.456 e. The normalized spacial score (nSPS) is 11.6. The molecule has 27 heavy (non-hydrogen) atoms. The maximum Gasteiger partial charge on any atom is 0.253 e. The highest BCUT2D eigenvalue weighted by molar-refractivity contribution is 5.96. The number of para-hydroxylation sites is 1. The molecule has 5 heteroatoms. The molecule has 0 spiro atoms. The highest BCUT2D eigenvalue weighted by Gasteiger charge is 2.09. The van der Waals surface area contributed by atoms with Gasteiger partial charge in [0.15, 0.2) is 0 Å². The van der Waals surface area contributed by atoms with Gasteiger partial charge in [0.05, 0.1) is 11.1 Å². The van der Waals surface area contributed by atoms with E-state index in [9.17, 15) is 4.79 Å². The zero-order valence-corrected chi connectivity index (χ0v) is 15.5. The average Bonchev–Trinajstić information content (AvgIpc) is 2.68. The molecule has 0 saturated heterocycles. The second kappa shape index (κ2) is 9.83. The molecule has 0 aliphatic carbocycles. The van der Waals surface area contributed by atoms with Crippen LogP contribution in [0.2, 0.25) is 0 Å². The lowest BCUT2D eigenvalue weighted by Gasteiger charge is -2.10. The van der Waals surface area contributed by atoms with Crippen LogP contribution >= 0.6 is 0 Å². The van der Waals surface area contributed by atoms with Crippen molar-refractivity contribution in [2.24, 2.45) is 5.73 Å². The Labute approximate surface area is 159 Å². The van der Waals surface area contributed by atoms with E-state index in [-0.39, 0.29) is 5.91 Å². The van der Waals surface area contributed by atoms with Gasteiger partial charge >= 0.3 is 0 Å². The van der Waals surface area contributed by atoms with Gasteiger partial charge in [0, 0.05) is 12.2 Å². The molecule has 1 amide bonds. The maximum absolute atomic E-state index is 12.3. The fourth-order valence-electron chi connectivity index (χ4n) is 2.35. The Kier molecular flexibility index (Phi) is 7.21. The van der Waals surface area contributed by atoms with Crippen LogP contribution in [0.5, 0.6) is 11.5 Å². The van der Waals surface area contributed by atoms with Gasteiger partial charge in [0.1, 0.15) is 17.6 Å². The molecule has 0 aliphatic heterocycles. The molecule has 0 unspecified atom stereocenters. The molecule has 0 bridgehead atoms. The number of nitrogens with two attached hydrogens (primary N) is 1. The van der Waals surface area contributed by atoms with Crippen LogP contribution in [0.15, 0.2) is 72.0 Å². The number of carbonyl (C=O) groups excluding carboxylic acids is 1. The molecule has 0 aromatic heterocycles. The molecule has 0 radical (unpaired) electrons. The first-order valence-corrected chi connectivity index (χ1v) is 8.72. The number of nitrogens with zero attached hydrogens (tertiary/aromatic N) is 1. The Morgan fingerprint density at radius 1 is 1.22 bits per heavy atom.